The molecule has 0 N–H and O–H groups in total. The zero-order valence-corrected chi connectivity index (χ0v) is 18.4. The number of methoxy groups -OCH3 is 2. The summed E-state index contributed by atoms with van der Waals surface area (Å²) < 4.78 is 11.0. The van der Waals surface area contributed by atoms with E-state index < -0.39 is 0 Å². The molecule has 0 bridgehead atoms. The smallest absolute Gasteiger partial charge is 0.228 e. The number of amides is 2. The molecule has 0 aromatic heterocycles. The van der Waals surface area contributed by atoms with Gasteiger partial charge in [0.25, 0.3) is 0 Å². The van der Waals surface area contributed by atoms with E-state index in [-0.39, 0.29) is 29.1 Å². The van der Waals surface area contributed by atoms with Crippen molar-refractivity contribution in [1.29, 1.82) is 0 Å². The lowest BCUT2D eigenvalue weighted by atomic mass is 9.87. The van der Waals surface area contributed by atoms with Crippen LogP contribution in [-0.2, 0) is 9.59 Å². The van der Waals surface area contributed by atoms with Crippen molar-refractivity contribution in [3.05, 3.63) is 23.8 Å². The molecule has 0 saturated carbocycles. The number of likely N-dealkylation sites (tertiary alicyclic amines) is 2. The van der Waals surface area contributed by atoms with E-state index in [4.69, 9.17) is 9.47 Å². The Labute approximate surface area is 174 Å². The Morgan fingerprint density at radius 2 is 1.72 bits per heavy atom. The molecule has 0 spiro atoms. The number of rotatable bonds is 5. The molecule has 1 aromatic rings. The van der Waals surface area contributed by atoms with Gasteiger partial charge in [-0.15, -0.1) is 0 Å². The van der Waals surface area contributed by atoms with E-state index in [1.165, 1.54) is 0 Å². The lowest BCUT2D eigenvalue weighted by molar-refractivity contribution is -0.135. The molecule has 0 aliphatic carbocycles. The molecule has 2 heterocycles. The second-order valence-electron chi connectivity index (χ2n) is 9.39. The van der Waals surface area contributed by atoms with Gasteiger partial charge in [0.2, 0.25) is 11.8 Å². The van der Waals surface area contributed by atoms with Crippen LogP contribution in [0, 0.1) is 11.3 Å². The Balaban J connectivity index is 1.92. The average molecular weight is 403 g/mol. The third-order valence-electron chi connectivity index (χ3n) is 5.93. The monoisotopic (exact) mass is 402 g/mol. The van der Waals surface area contributed by atoms with E-state index >= 15 is 0 Å². The Morgan fingerprint density at radius 1 is 1.03 bits per heavy atom. The van der Waals surface area contributed by atoms with Gasteiger partial charge in [0, 0.05) is 44.1 Å². The first-order chi connectivity index (χ1) is 13.7. The maximum Gasteiger partial charge on any atom is 0.228 e. The summed E-state index contributed by atoms with van der Waals surface area (Å²) in [5.41, 5.74) is 0.854. The van der Waals surface area contributed by atoms with Crippen LogP contribution in [0.2, 0.25) is 0 Å². The van der Waals surface area contributed by atoms with E-state index in [2.05, 4.69) is 20.8 Å². The Kier molecular flexibility index (Phi) is 6.39. The highest BCUT2D eigenvalue weighted by atomic mass is 16.5. The second kappa shape index (κ2) is 8.64. The molecule has 2 fully saturated rings. The van der Waals surface area contributed by atoms with E-state index in [9.17, 15) is 9.59 Å². The summed E-state index contributed by atoms with van der Waals surface area (Å²) in [5, 5.41) is 0. The van der Waals surface area contributed by atoms with Gasteiger partial charge in [-0.25, -0.2) is 0 Å². The van der Waals surface area contributed by atoms with Gasteiger partial charge in [-0.2, -0.15) is 0 Å². The average Bonchev–Trinajstić information content (AvgIpc) is 3.35. The summed E-state index contributed by atoms with van der Waals surface area (Å²) in [4.78, 5) is 30.1. The van der Waals surface area contributed by atoms with Gasteiger partial charge in [-0.1, -0.05) is 20.8 Å². The van der Waals surface area contributed by atoms with Crippen LogP contribution in [-0.4, -0.2) is 62.0 Å². The van der Waals surface area contributed by atoms with Crippen molar-refractivity contribution in [2.45, 2.75) is 46.0 Å². The fraction of sp³-hybridized carbons (Fsp3) is 0.652. The molecule has 0 radical (unpaired) electrons. The first kappa shape index (κ1) is 21.5. The van der Waals surface area contributed by atoms with Crippen LogP contribution >= 0.6 is 0 Å². The number of hydrogen-bond donors (Lipinski definition) is 0. The van der Waals surface area contributed by atoms with Crippen LogP contribution in [0.1, 0.15) is 51.5 Å². The van der Waals surface area contributed by atoms with Gasteiger partial charge in [0.15, 0.2) is 0 Å². The van der Waals surface area contributed by atoms with E-state index in [0.717, 1.165) is 43.0 Å². The minimum Gasteiger partial charge on any atom is -0.497 e. The maximum atomic E-state index is 13.4. The summed E-state index contributed by atoms with van der Waals surface area (Å²) in [5.74, 6) is 1.38. The molecular formula is C23H34N2O4. The fourth-order valence-corrected chi connectivity index (χ4v) is 4.44. The standard InChI is InChI=1S/C23H34N2O4/c1-23(2,3)13-21(26)25-14-18(17-12-16(28-4)8-9-20(17)29-5)19(15-25)22(27)24-10-6-7-11-24/h8-9,12,18-19H,6-7,10-11,13-15H2,1-5H3. The Hall–Kier alpha value is -2.24. The quantitative estimate of drug-likeness (QED) is 0.758. The fourth-order valence-electron chi connectivity index (χ4n) is 4.44. The summed E-state index contributed by atoms with van der Waals surface area (Å²) >= 11 is 0. The topological polar surface area (TPSA) is 59.1 Å². The molecule has 29 heavy (non-hydrogen) atoms. The van der Waals surface area contributed by atoms with Gasteiger partial charge in [-0.3, -0.25) is 9.59 Å². The Morgan fingerprint density at radius 3 is 2.31 bits per heavy atom. The molecule has 2 atom stereocenters. The number of benzene rings is 1. The SMILES string of the molecule is COc1ccc(OC)c(C2CN(C(=O)CC(C)(C)C)CC2C(=O)N2CCCC2)c1. The van der Waals surface area contributed by atoms with E-state index in [1.54, 1.807) is 14.2 Å². The summed E-state index contributed by atoms with van der Waals surface area (Å²) in [7, 11) is 3.27. The molecule has 2 aliphatic heterocycles. The van der Waals surface area contributed by atoms with Crippen LogP contribution in [0.5, 0.6) is 11.5 Å². The van der Waals surface area contributed by atoms with Gasteiger partial charge in [0.05, 0.1) is 20.1 Å². The number of ether oxygens (including phenoxy) is 2. The van der Waals surface area contributed by atoms with Crippen molar-refractivity contribution >= 4 is 11.8 Å². The molecule has 2 amide bonds. The first-order valence-electron chi connectivity index (χ1n) is 10.5. The van der Waals surface area contributed by atoms with Crippen molar-refractivity contribution in [1.82, 2.24) is 9.80 Å². The maximum absolute atomic E-state index is 13.4. The highest BCUT2D eigenvalue weighted by Gasteiger charge is 2.43. The molecule has 1 aromatic carbocycles. The summed E-state index contributed by atoms with van der Waals surface area (Å²) in [6, 6.07) is 5.69. The molecule has 160 valence electrons. The molecule has 2 unspecified atom stereocenters. The molecular weight excluding hydrogens is 368 g/mol. The van der Waals surface area contributed by atoms with Crippen LogP contribution in [0.4, 0.5) is 0 Å². The summed E-state index contributed by atoms with van der Waals surface area (Å²) in [6.45, 7) is 8.82. The first-order valence-corrected chi connectivity index (χ1v) is 10.5. The number of carbonyl (C=O) groups is 2. The van der Waals surface area contributed by atoms with Gasteiger partial charge >= 0.3 is 0 Å². The molecule has 6 heteroatoms. The zero-order valence-electron chi connectivity index (χ0n) is 18.4. The van der Waals surface area contributed by atoms with Crippen LogP contribution in [0.3, 0.4) is 0 Å². The zero-order chi connectivity index (χ0) is 21.2. The molecule has 2 aliphatic rings. The lowest BCUT2D eigenvalue weighted by Crippen LogP contribution is -2.38. The van der Waals surface area contributed by atoms with Crippen LogP contribution < -0.4 is 9.47 Å². The van der Waals surface area contributed by atoms with Crippen molar-refractivity contribution in [3.8, 4) is 11.5 Å². The van der Waals surface area contributed by atoms with Crippen LogP contribution in [0.15, 0.2) is 18.2 Å². The van der Waals surface area contributed by atoms with Crippen molar-refractivity contribution < 1.29 is 19.1 Å². The highest BCUT2D eigenvalue weighted by Crippen LogP contribution is 2.41. The second-order valence-corrected chi connectivity index (χ2v) is 9.39. The number of hydrogen-bond acceptors (Lipinski definition) is 4. The normalized spacial score (nSPS) is 22.1. The number of nitrogens with zero attached hydrogens (tertiary/aromatic N) is 2. The van der Waals surface area contributed by atoms with E-state index in [1.807, 2.05) is 28.0 Å². The van der Waals surface area contributed by atoms with Crippen molar-refractivity contribution in [3.63, 3.8) is 0 Å². The van der Waals surface area contributed by atoms with Gasteiger partial charge in [-0.05, 0) is 36.5 Å². The van der Waals surface area contributed by atoms with Gasteiger partial charge < -0.3 is 19.3 Å². The summed E-state index contributed by atoms with van der Waals surface area (Å²) in [6.07, 6.45) is 2.58. The third kappa shape index (κ3) is 4.85. The number of carbonyl (C=O) groups excluding carboxylic acids is 2. The lowest BCUT2D eigenvalue weighted by Gasteiger charge is -2.25. The minimum atomic E-state index is -0.252. The largest absolute Gasteiger partial charge is 0.497 e. The highest BCUT2D eigenvalue weighted by molar-refractivity contribution is 5.84. The van der Waals surface area contributed by atoms with E-state index in [0.29, 0.717) is 19.5 Å². The van der Waals surface area contributed by atoms with Crippen molar-refractivity contribution in [2.75, 3.05) is 40.4 Å². The minimum absolute atomic E-state index is 0.0860. The van der Waals surface area contributed by atoms with Crippen LogP contribution in [0.25, 0.3) is 0 Å². The molecule has 2 saturated heterocycles. The Bertz CT molecular complexity index is 750. The predicted octanol–water partition coefficient (Wildman–Crippen LogP) is 3.30. The molecule has 3 rings (SSSR count). The van der Waals surface area contributed by atoms with Crippen molar-refractivity contribution in [2.24, 2.45) is 11.3 Å². The molecule has 6 nitrogen and oxygen atoms in total. The third-order valence-corrected chi connectivity index (χ3v) is 5.93. The van der Waals surface area contributed by atoms with Gasteiger partial charge in [0.1, 0.15) is 11.5 Å². The predicted molar refractivity (Wildman–Crippen MR) is 112 cm³/mol.